The Morgan fingerprint density at radius 1 is 0.850 bits per heavy atom. The number of carboxylic acids is 2. The topological polar surface area (TPSA) is 102 Å². The van der Waals surface area contributed by atoms with Crippen LogP contribution in [0.1, 0.15) is 32.6 Å². The Bertz CT molecular complexity index is 207. The van der Waals surface area contributed by atoms with Gasteiger partial charge in [0.05, 0.1) is 26.4 Å². The molecule has 0 radical (unpaired) electrons. The van der Waals surface area contributed by atoms with E-state index in [1.165, 1.54) is 0 Å². The lowest BCUT2D eigenvalue weighted by Gasteiger charge is -2.02. The molecule has 0 unspecified atom stereocenters. The second kappa shape index (κ2) is 17.8. The molecule has 0 fully saturated rings. The van der Waals surface area contributed by atoms with Crippen molar-refractivity contribution in [1.29, 1.82) is 0 Å². The van der Waals surface area contributed by atoms with Crippen LogP contribution in [0.15, 0.2) is 0 Å². The minimum Gasteiger partial charge on any atom is -0.481 e. The number of hydrogen-bond acceptors (Lipinski definition) is 5. The minimum atomic E-state index is -0.870. The fourth-order valence-electron chi connectivity index (χ4n) is 1.06. The van der Waals surface area contributed by atoms with E-state index in [1.54, 1.807) is 7.11 Å². The fraction of sp³-hybridized carbons (Fsp3) is 0.846. The van der Waals surface area contributed by atoms with Crippen molar-refractivity contribution in [2.75, 3.05) is 40.1 Å². The Kier molecular flexibility index (Phi) is 18.8. The molecule has 2 N–H and O–H groups in total. The number of carboxylic acid groups (broad SMARTS) is 2. The van der Waals surface area contributed by atoms with Crippen molar-refractivity contribution in [1.82, 2.24) is 0 Å². The number of rotatable bonds is 12. The molecule has 0 aliphatic rings. The third-order valence-corrected chi connectivity index (χ3v) is 2.04. The van der Waals surface area contributed by atoms with Gasteiger partial charge in [0.2, 0.25) is 0 Å². The largest absolute Gasteiger partial charge is 0.481 e. The molecule has 120 valence electrons. The van der Waals surface area contributed by atoms with Gasteiger partial charge < -0.3 is 24.4 Å². The van der Waals surface area contributed by atoms with E-state index in [0.717, 1.165) is 6.61 Å². The molecule has 0 amide bonds. The lowest BCUT2D eigenvalue weighted by molar-refractivity contribution is -0.139. The van der Waals surface area contributed by atoms with E-state index in [-0.39, 0.29) is 12.8 Å². The van der Waals surface area contributed by atoms with Gasteiger partial charge in [0.15, 0.2) is 0 Å². The summed E-state index contributed by atoms with van der Waals surface area (Å²) in [6, 6.07) is 0. The van der Waals surface area contributed by atoms with E-state index >= 15 is 0 Å². The maximum atomic E-state index is 9.90. The van der Waals surface area contributed by atoms with Gasteiger partial charge in [-0.05, 0) is 19.8 Å². The van der Waals surface area contributed by atoms with Crippen molar-refractivity contribution in [2.45, 2.75) is 32.6 Å². The molecule has 0 aromatic rings. The van der Waals surface area contributed by atoms with E-state index in [1.807, 2.05) is 6.92 Å². The monoisotopic (exact) mass is 294 g/mol. The summed E-state index contributed by atoms with van der Waals surface area (Å²) in [4.78, 5) is 19.8. The molecular formula is C13H26O7. The Labute approximate surface area is 119 Å². The zero-order valence-electron chi connectivity index (χ0n) is 12.3. The fourth-order valence-corrected chi connectivity index (χ4v) is 1.06. The molecule has 7 nitrogen and oxygen atoms in total. The molecule has 0 heterocycles. The van der Waals surface area contributed by atoms with Crippen LogP contribution >= 0.6 is 0 Å². The van der Waals surface area contributed by atoms with Gasteiger partial charge in [-0.15, -0.1) is 0 Å². The summed E-state index contributed by atoms with van der Waals surface area (Å²) in [7, 11) is 1.66. The van der Waals surface area contributed by atoms with Crippen LogP contribution in [0.5, 0.6) is 0 Å². The van der Waals surface area contributed by atoms with Crippen LogP contribution < -0.4 is 0 Å². The molecule has 0 aliphatic carbocycles. The smallest absolute Gasteiger partial charge is 0.303 e. The van der Waals surface area contributed by atoms with E-state index in [9.17, 15) is 9.59 Å². The van der Waals surface area contributed by atoms with Crippen LogP contribution in [-0.2, 0) is 23.8 Å². The third kappa shape index (κ3) is 25.6. The molecule has 7 heteroatoms. The first kappa shape index (κ1) is 21.1. The second-order valence-electron chi connectivity index (χ2n) is 3.80. The molecule has 0 atom stereocenters. The normalized spacial score (nSPS) is 9.70. The first-order chi connectivity index (χ1) is 9.54. The van der Waals surface area contributed by atoms with Crippen LogP contribution in [0.25, 0.3) is 0 Å². The van der Waals surface area contributed by atoms with Crippen LogP contribution in [0.2, 0.25) is 0 Å². The number of carbonyl (C=O) groups is 2. The van der Waals surface area contributed by atoms with Gasteiger partial charge >= 0.3 is 11.9 Å². The Morgan fingerprint density at radius 2 is 1.30 bits per heavy atom. The maximum absolute atomic E-state index is 9.90. The zero-order valence-corrected chi connectivity index (χ0v) is 12.3. The molecule has 0 aliphatic heterocycles. The van der Waals surface area contributed by atoms with E-state index in [2.05, 4.69) is 0 Å². The summed E-state index contributed by atoms with van der Waals surface area (Å²) in [5.41, 5.74) is 0. The Hall–Kier alpha value is -1.18. The zero-order chi connectivity index (χ0) is 15.6. The van der Waals surface area contributed by atoms with Crippen LogP contribution in [0, 0.1) is 0 Å². The van der Waals surface area contributed by atoms with Gasteiger partial charge in [-0.25, -0.2) is 0 Å². The standard InChI is InChI=1S/C7H16O3.C6H10O4/c1-3-9-6-7-10-5-4-8-2;7-5(8)3-1-2-4-6(9)10/h3-7H2,1-2H3;1-4H2,(H,7,8)(H,9,10). The molecule has 0 rings (SSSR count). The number of unbranched alkanes of at least 4 members (excludes halogenated alkanes) is 1. The predicted octanol–water partition coefficient (Wildman–Crippen LogP) is 1.40. The van der Waals surface area contributed by atoms with Crippen molar-refractivity contribution in [3.8, 4) is 0 Å². The first-order valence-electron chi connectivity index (χ1n) is 6.62. The van der Waals surface area contributed by atoms with Crippen molar-refractivity contribution < 1.29 is 34.0 Å². The SMILES string of the molecule is CCOCCOCCOC.O=C(O)CCCCC(=O)O. The van der Waals surface area contributed by atoms with Gasteiger partial charge in [0.25, 0.3) is 0 Å². The first-order valence-corrected chi connectivity index (χ1v) is 6.62. The maximum Gasteiger partial charge on any atom is 0.303 e. The van der Waals surface area contributed by atoms with Crippen LogP contribution in [-0.4, -0.2) is 62.3 Å². The highest BCUT2D eigenvalue weighted by Crippen LogP contribution is 1.98. The Morgan fingerprint density at radius 3 is 1.70 bits per heavy atom. The number of methoxy groups -OCH3 is 1. The van der Waals surface area contributed by atoms with Gasteiger partial charge in [0, 0.05) is 26.6 Å². The van der Waals surface area contributed by atoms with Crippen LogP contribution in [0.4, 0.5) is 0 Å². The van der Waals surface area contributed by atoms with Crippen molar-refractivity contribution in [3.05, 3.63) is 0 Å². The molecule has 20 heavy (non-hydrogen) atoms. The Balaban J connectivity index is 0. The molecular weight excluding hydrogens is 268 g/mol. The molecule has 0 aromatic carbocycles. The minimum absolute atomic E-state index is 0.0628. The van der Waals surface area contributed by atoms with Crippen LogP contribution in [0.3, 0.4) is 0 Å². The van der Waals surface area contributed by atoms with Crippen molar-refractivity contribution in [3.63, 3.8) is 0 Å². The lowest BCUT2D eigenvalue weighted by Crippen LogP contribution is -2.07. The van der Waals surface area contributed by atoms with E-state index in [4.69, 9.17) is 24.4 Å². The van der Waals surface area contributed by atoms with E-state index in [0.29, 0.717) is 39.3 Å². The molecule has 0 saturated heterocycles. The van der Waals surface area contributed by atoms with Crippen molar-refractivity contribution >= 4 is 11.9 Å². The molecule has 0 spiro atoms. The number of hydrogen-bond donors (Lipinski definition) is 2. The number of ether oxygens (including phenoxy) is 3. The highest BCUT2D eigenvalue weighted by atomic mass is 16.5. The average Bonchev–Trinajstić information content (AvgIpc) is 2.39. The average molecular weight is 294 g/mol. The molecule has 0 saturated carbocycles. The summed E-state index contributed by atoms with van der Waals surface area (Å²) in [5.74, 6) is -1.74. The van der Waals surface area contributed by atoms with Gasteiger partial charge in [-0.1, -0.05) is 0 Å². The molecule has 0 aromatic heterocycles. The second-order valence-corrected chi connectivity index (χ2v) is 3.80. The summed E-state index contributed by atoms with van der Waals surface area (Å²) < 4.78 is 15.0. The summed E-state index contributed by atoms with van der Waals surface area (Å²) >= 11 is 0. The summed E-state index contributed by atoms with van der Waals surface area (Å²) in [6.45, 7) is 5.38. The highest BCUT2D eigenvalue weighted by Gasteiger charge is 1.99. The lowest BCUT2D eigenvalue weighted by atomic mass is 10.2. The van der Waals surface area contributed by atoms with Gasteiger partial charge in [-0.2, -0.15) is 0 Å². The highest BCUT2D eigenvalue weighted by molar-refractivity contribution is 5.67. The third-order valence-electron chi connectivity index (χ3n) is 2.04. The predicted molar refractivity (Wildman–Crippen MR) is 72.9 cm³/mol. The van der Waals surface area contributed by atoms with Gasteiger partial charge in [-0.3, -0.25) is 9.59 Å². The molecule has 0 bridgehead atoms. The number of aliphatic carboxylic acids is 2. The summed E-state index contributed by atoms with van der Waals surface area (Å²) in [5, 5.41) is 16.3. The summed E-state index contributed by atoms with van der Waals surface area (Å²) in [6.07, 6.45) is 1.02. The quantitative estimate of drug-likeness (QED) is 0.524. The van der Waals surface area contributed by atoms with Gasteiger partial charge in [0.1, 0.15) is 0 Å². The van der Waals surface area contributed by atoms with Crippen molar-refractivity contribution in [2.24, 2.45) is 0 Å². The van der Waals surface area contributed by atoms with E-state index < -0.39 is 11.9 Å².